The van der Waals surface area contributed by atoms with Crippen molar-refractivity contribution in [3.8, 4) is 5.75 Å². The Hall–Kier alpha value is -2.96. The van der Waals surface area contributed by atoms with Crippen molar-refractivity contribution in [1.29, 1.82) is 0 Å². The molecule has 0 saturated carbocycles. The summed E-state index contributed by atoms with van der Waals surface area (Å²) in [7, 11) is 0. The van der Waals surface area contributed by atoms with Gasteiger partial charge in [-0.25, -0.2) is 0 Å². The summed E-state index contributed by atoms with van der Waals surface area (Å²) in [6.07, 6.45) is 2.26. The van der Waals surface area contributed by atoms with Crippen molar-refractivity contribution in [1.82, 2.24) is 0 Å². The summed E-state index contributed by atoms with van der Waals surface area (Å²) in [4.78, 5) is 19.0. The lowest BCUT2D eigenvalue weighted by Crippen LogP contribution is -1.91. The van der Waals surface area contributed by atoms with E-state index in [-0.39, 0.29) is 11.4 Å². The van der Waals surface area contributed by atoms with Crippen molar-refractivity contribution in [2.75, 3.05) is 0 Å². The molecule has 0 fully saturated rings. The Morgan fingerprint density at radius 1 is 0.955 bits per heavy atom. The molecule has 0 heterocycles. The molecule has 0 unspecified atom stereocenters. The molecule has 22 heavy (non-hydrogen) atoms. The first-order valence-electron chi connectivity index (χ1n) is 6.60. The maximum atomic E-state index is 10.2. The van der Waals surface area contributed by atoms with Crippen molar-refractivity contribution in [2.45, 2.75) is 19.8 Å². The SMILES string of the molecule is CCCc1ccc(O)cc1.O=[N+]([O-])c1cccc([N+](=O)[O-])c1. The Bertz CT molecular complexity index is 611. The van der Waals surface area contributed by atoms with Crippen LogP contribution in [0.1, 0.15) is 18.9 Å². The Balaban J connectivity index is 0.000000224. The van der Waals surface area contributed by atoms with Gasteiger partial charge in [-0.2, -0.15) is 0 Å². The van der Waals surface area contributed by atoms with Crippen LogP contribution in [0, 0.1) is 20.2 Å². The van der Waals surface area contributed by atoms with Crippen LogP contribution in [0.3, 0.4) is 0 Å². The van der Waals surface area contributed by atoms with Crippen LogP contribution in [-0.4, -0.2) is 15.0 Å². The van der Waals surface area contributed by atoms with Crippen LogP contribution < -0.4 is 0 Å². The first-order chi connectivity index (χ1) is 10.4. The fourth-order valence-corrected chi connectivity index (χ4v) is 1.67. The number of nitrogens with zero attached hydrogens (tertiary/aromatic N) is 2. The van der Waals surface area contributed by atoms with E-state index in [2.05, 4.69) is 6.92 Å². The standard InChI is InChI=1S/C9H12O.C6H4N2O4/c1-2-3-8-4-6-9(10)7-5-8;9-7(10)5-2-1-3-6(4-5)8(11)12/h4-7,10H,2-3H2,1H3;1-4H. The van der Waals surface area contributed by atoms with E-state index in [9.17, 15) is 20.2 Å². The third-order valence-corrected chi connectivity index (χ3v) is 2.73. The van der Waals surface area contributed by atoms with Crippen LogP contribution in [0.5, 0.6) is 5.75 Å². The van der Waals surface area contributed by atoms with E-state index in [0.29, 0.717) is 5.75 Å². The maximum absolute atomic E-state index is 10.2. The highest BCUT2D eigenvalue weighted by atomic mass is 16.6. The number of aromatic hydroxyl groups is 1. The monoisotopic (exact) mass is 304 g/mol. The number of benzene rings is 2. The van der Waals surface area contributed by atoms with Crippen LogP contribution in [-0.2, 0) is 6.42 Å². The first kappa shape index (κ1) is 17.1. The van der Waals surface area contributed by atoms with Crippen molar-refractivity contribution < 1.29 is 15.0 Å². The summed E-state index contributed by atoms with van der Waals surface area (Å²) in [5.74, 6) is 0.347. The zero-order chi connectivity index (χ0) is 16.5. The highest BCUT2D eigenvalue weighted by molar-refractivity contribution is 5.42. The van der Waals surface area contributed by atoms with Crippen molar-refractivity contribution >= 4 is 11.4 Å². The highest BCUT2D eigenvalue weighted by Gasteiger charge is 2.11. The van der Waals surface area contributed by atoms with Gasteiger partial charge >= 0.3 is 0 Å². The number of phenolic OH excluding ortho intramolecular Hbond substituents is 1. The normalized spacial score (nSPS) is 9.50. The second-order valence-electron chi connectivity index (χ2n) is 4.45. The van der Waals surface area contributed by atoms with Gasteiger partial charge in [-0.05, 0) is 30.2 Å². The molecule has 116 valence electrons. The average Bonchev–Trinajstić information content (AvgIpc) is 2.50. The summed E-state index contributed by atoms with van der Waals surface area (Å²) in [5.41, 5.74) is 0.744. The number of hydrogen-bond donors (Lipinski definition) is 1. The Labute approximate surface area is 127 Å². The lowest BCUT2D eigenvalue weighted by molar-refractivity contribution is -0.394. The van der Waals surface area contributed by atoms with E-state index in [1.54, 1.807) is 12.1 Å². The Morgan fingerprint density at radius 3 is 1.86 bits per heavy atom. The highest BCUT2D eigenvalue weighted by Crippen LogP contribution is 2.18. The fraction of sp³-hybridized carbons (Fsp3) is 0.200. The van der Waals surface area contributed by atoms with Gasteiger partial charge in [-0.1, -0.05) is 25.5 Å². The average molecular weight is 304 g/mol. The van der Waals surface area contributed by atoms with E-state index < -0.39 is 9.85 Å². The van der Waals surface area contributed by atoms with E-state index in [1.165, 1.54) is 23.8 Å². The zero-order valence-corrected chi connectivity index (χ0v) is 12.0. The van der Waals surface area contributed by atoms with Crippen LogP contribution in [0.15, 0.2) is 48.5 Å². The minimum atomic E-state index is -0.674. The molecule has 0 radical (unpaired) electrons. The number of non-ortho nitro benzene ring substituents is 2. The molecular formula is C15H16N2O5. The van der Waals surface area contributed by atoms with Gasteiger partial charge < -0.3 is 5.11 Å². The smallest absolute Gasteiger partial charge is 0.276 e. The summed E-state index contributed by atoms with van der Waals surface area (Å²) >= 11 is 0. The number of nitro groups is 2. The number of nitro benzene ring substituents is 2. The minimum absolute atomic E-state index is 0.274. The predicted octanol–water partition coefficient (Wildman–Crippen LogP) is 3.85. The van der Waals surface area contributed by atoms with Crippen molar-refractivity contribution in [3.63, 3.8) is 0 Å². The lowest BCUT2D eigenvalue weighted by atomic mass is 10.1. The molecule has 7 nitrogen and oxygen atoms in total. The molecule has 7 heteroatoms. The van der Waals surface area contributed by atoms with Gasteiger partial charge in [0, 0.05) is 12.1 Å². The third kappa shape index (κ3) is 5.58. The minimum Gasteiger partial charge on any atom is -0.508 e. The molecule has 0 saturated heterocycles. The molecule has 0 aliphatic heterocycles. The van der Waals surface area contributed by atoms with Crippen LogP contribution >= 0.6 is 0 Å². The number of rotatable bonds is 4. The quantitative estimate of drug-likeness (QED) is 0.682. The Kier molecular flexibility index (Phi) is 6.49. The Morgan fingerprint density at radius 2 is 1.45 bits per heavy atom. The molecular weight excluding hydrogens is 288 g/mol. The first-order valence-corrected chi connectivity index (χ1v) is 6.60. The fourth-order valence-electron chi connectivity index (χ4n) is 1.67. The van der Waals surface area contributed by atoms with Gasteiger partial charge in [-0.15, -0.1) is 0 Å². The van der Waals surface area contributed by atoms with Gasteiger partial charge in [0.05, 0.1) is 15.9 Å². The van der Waals surface area contributed by atoms with E-state index >= 15 is 0 Å². The molecule has 2 aromatic carbocycles. The van der Waals surface area contributed by atoms with E-state index in [4.69, 9.17) is 5.11 Å². The van der Waals surface area contributed by atoms with Gasteiger partial charge in [0.25, 0.3) is 11.4 Å². The summed E-state index contributed by atoms with van der Waals surface area (Å²) < 4.78 is 0. The van der Waals surface area contributed by atoms with Crippen LogP contribution in [0.4, 0.5) is 11.4 Å². The topological polar surface area (TPSA) is 107 Å². The molecule has 0 amide bonds. The molecule has 0 bridgehead atoms. The number of aryl methyl sites for hydroxylation is 1. The van der Waals surface area contributed by atoms with E-state index in [1.807, 2.05) is 12.1 Å². The second kappa shape index (κ2) is 8.35. The summed E-state index contributed by atoms with van der Waals surface area (Å²) in [5, 5.41) is 29.2. The zero-order valence-electron chi connectivity index (χ0n) is 12.0. The van der Waals surface area contributed by atoms with Gasteiger partial charge in [-0.3, -0.25) is 20.2 Å². The second-order valence-corrected chi connectivity index (χ2v) is 4.45. The van der Waals surface area contributed by atoms with E-state index in [0.717, 1.165) is 18.9 Å². The summed E-state index contributed by atoms with van der Waals surface area (Å²) in [6, 6.07) is 12.0. The number of hydrogen-bond acceptors (Lipinski definition) is 5. The molecule has 0 atom stereocenters. The molecule has 0 aliphatic rings. The molecule has 1 N–H and O–H groups in total. The predicted molar refractivity (Wildman–Crippen MR) is 81.9 cm³/mol. The number of phenols is 1. The third-order valence-electron chi connectivity index (χ3n) is 2.73. The van der Waals surface area contributed by atoms with Gasteiger partial charge in [0.2, 0.25) is 0 Å². The molecule has 0 aromatic heterocycles. The van der Waals surface area contributed by atoms with Crippen molar-refractivity contribution in [3.05, 3.63) is 74.3 Å². The largest absolute Gasteiger partial charge is 0.508 e. The summed E-state index contributed by atoms with van der Waals surface area (Å²) in [6.45, 7) is 2.15. The van der Waals surface area contributed by atoms with Crippen molar-refractivity contribution in [2.24, 2.45) is 0 Å². The molecule has 0 spiro atoms. The van der Waals surface area contributed by atoms with Crippen LogP contribution in [0.25, 0.3) is 0 Å². The van der Waals surface area contributed by atoms with Crippen LogP contribution in [0.2, 0.25) is 0 Å². The van der Waals surface area contributed by atoms with Gasteiger partial charge in [0.15, 0.2) is 0 Å². The molecule has 2 rings (SSSR count). The lowest BCUT2D eigenvalue weighted by Gasteiger charge is -1.96. The van der Waals surface area contributed by atoms with Gasteiger partial charge in [0.1, 0.15) is 5.75 Å². The maximum Gasteiger partial charge on any atom is 0.276 e. The molecule has 2 aromatic rings. The molecule has 0 aliphatic carbocycles.